The van der Waals surface area contributed by atoms with Crippen molar-refractivity contribution in [2.45, 2.75) is 19.9 Å². The van der Waals surface area contributed by atoms with Crippen LogP contribution in [0.1, 0.15) is 27.9 Å². The van der Waals surface area contributed by atoms with Crippen LogP contribution in [0.5, 0.6) is 0 Å². The lowest BCUT2D eigenvalue weighted by Crippen LogP contribution is -2.37. The highest BCUT2D eigenvalue weighted by Gasteiger charge is 2.10. The van der Waals surface area contributed by atoms with E-state index in [2.05, 4.69) is 10.6 Å². The van der Waals surface area contributed by atoms with E-state index in [1.165, 1.54) is 11.9 Å². The highest BCUT2D eigenvalue weighted by Crippen LogP contribution is 2.13. The van der Waals surface area contributed by atoms with Crippen molar-refractivity contribution in [2.75, 3.05) is 18.9 Å². The standard InChI is InChI=1S/C20H23N3O4/c1-14-6-8-16(9-7-14)19(26)22-17-5-3-4-15(12-17)13-21-20(27)23(2)11-10-18(24)25/h3-9,12H,10-11,13H2,1-2H3,(H,21,27)(H,22,26)(H,24,25). The molecule has 0 aromatic heterocycles. The SMILES string of the molecule is Cc1ccc(C(=O)Nc2cccc(CNC(=O)N(C)CCC(=O)O)c2)cc1. The Morgan fingerprint density at radius 3 is 2.44 bits per heavy atom. The molecule has 0 fully saturated rings. The minimum Gasteiger partial charge on any atom is -0.481 e. The molecular formula is C20H23N3O4. The lowest BCUT2D eigenvalue weighted by atomic mass is 10.1. The molecule has 27 heavy (non-hydrogen) atoms. The van der Waals surface area contributed by atoms with Crippen molar-refractivity contribution < 1.29 is 19.5 Å². The average Bonchev–Trinajstić information content (AvgIpc) is 2.64. The third-order valence-corrected chi connectivity index (χ3v) is 3.95. The number of anilines is 1. The summed E-state index contributed by atoms with van der Waals surface area (Å²) >= 11 is 0. The van der Waals surface area contributed by atoms with Crippen LogP contribution >= 0.6 is 0 Å². The van der Waals surface area contributed by atoms with E-state index in [0.717, 1.165) is 11.1 Å². The molecule has 0 atom stereocenters. The molecule has 2 aromatic carbocycles. The lowest BCUT2D eigenvalue weighted by molar-refractivity contribution is -0.137. The van der Waals surface area contributed by atoms with Crippen LogP contribution in [0.3, 0.4) is 0 Å². The van der Waals surface area contributed by atoms with Crippen molar-refractivity contribution in [3.63, 3.8) is 0 Å². The maximum Gasteiger partial charge on any atom is 0.317 e. The Morgan fingerprint density at radius 1 is 1.07 bits per heavy atom. The Kier molecular flexibility index (Phi) is 6.93. The van der Waals surface area contributed by atoms with Crippen molar-refractivity contribution in [3.05, 3.63) is 65.2 Å². The number of hydrogen-bond acceptors (Lipinski definition) is 3. The summed E-state index contributed by atoms with van der Waals surface area (Å²) in [5, 5.41) is 14.2. The Hall–Kier alpha value is -3.35. The van der Waals surface area contributed by atoms with Gasteiger partial charge < -0.3 is 20.6 Å². The predicted molar refractivity (Wildman–Crippen MR) is 103 cm³/mol. The molecule has 3 N–H and O–H groups in total. The van der Waals surface area contributed by atoms with Gasteiger partial charge in [-0.3, -0.25) is 9.59 Å². The second kappa shape index (κ2) is 9.38. The molecule has 2 rings (SSSR count). The second-order valence-electron chi connectivity index (χ2n) is 6.24. The van der Waals surface area contributed by atoms with E-state index >= 15 is 0 Å². The summed E-state index contributed by atoms with van der Waals surface area (Å²) in [5.74, 6) is -1.16. The summed E-state index contributed by atoms with van der Waals surface area (Å²) in [6.45, 7) is 2.36. The van der Waals surface area contributed by atoms with Gasteiger partial charge in [-0.05, 0) is 36.8 Å². The summed E-state index contributed by atoms with van der Waals surface area (Å²) in [4.78, 5) is 36.1. The smallest absolute Gasteiger partial charge is 0.317 e. The largest absolute Gasteiger partial charge is 0.481 e. The van der Waals surface area contributed by atoms with Crippen molar-refractivity contribution >= 4 is 23.6 Å². The first kappa shape index (κ1) is 20.0. The Bertz CT molecular complexity index is 818. The van der Waals surface area contributed by atoms with E-state index in [-0.39, 0.29) is 31.4 Å². The molecule has 142 valence electrons. The molecule has 7 heteroatoms. The molecule has 0 bridgehead atoms. The predicted octanol–water partition coefficient (Wildman–Crippen LogP) is 2.86. The average molecular weight is 369 g/mol. The molecule has 0 unspecified atom stereocenters. The van der Waals surface area contributed by atoms with Crippen LogP contribution in [-0.4, -0.2) is 41.5 Å². The Labute approximate surface area is 158 Å². The van der Waals surface area contributed by atoms with Crippen LogP contribution in [0.2, 0.25) is 0 Å². The van der Waals surface area contributed by atoms with Crippen LogP contribution in [0.4, 0.5) is 10.5 Å². The zero-order valence-electron chi connectivity index (χ0n) is 15.4. The summed E-state index contributed by atoms with van der Waals surface area (Å²) in [6, 6.07) is 14.1. The number of carbonyl (C=O) groups excluding carboxylic acids is 2. The normalized spacial score (nSPS) is 10.1. The quantitative estimate of drug-likeness (QED) is 0.699. The van der Waals surface area contributed by atoms with Crippen LogP contribution < -0.4 is 10.6 Å². The molecule has 0 radical (unpaired) electrons. The first-order valence-corrected chi connectivity index (χ1v) is 8.53. The lowest BCUT2D eigenvalue weighted by Gasteiger charge is -2.17. The molecule has 3 amide bonds. The van der Waals surface area contributed by atoms with Crippen LogP contribution in [-0.2, 0) is 11.3 Å². The van der Waals surface area contributed by atoms with Gasteiger partial charge in [0, 0.05) is 31.4 Å². The van der Waals surface area contributed by atoms with Crippen LogP contribution in [0.25, 0.3) is 0 Å². The molecule has 0 aliphatic rings. The number of carboxylic acids is 1. The number of nitrogens with zero attached hydrogens (tertiary/aromatic N) is 1. The van der Waals surface area contributed by atoms with Crippen molar-refractivity contribution in [1.29, 1.82) is 0 Å². The molecule has 7 nitrogen and oxygen atoms in total. The van der Waals surface area contributed by atoms with Gasteiger partial charge in [0.1, 0.15) is 0 Å². The van der Waals surface area contributed by atoms with Gasteiger partial charge >= 0.3 is 12.0 Å². The number of hydrogen-bond donors (Lipinski definition) is 3. The van der Waals surface area contributed by atoms with E-state index < -0.39 is 5.97 Å². The first-order chi connectivity index (χ1) is 12.8. The van der Waals surface area contributed by atoms with Crippen molar-refractivity contribution in [2.24, 2.45) is 0 Å². The maximum atomic E-state index is 12.3. The number of benzene rings is 2. The highest BCUT2D eigenvalue weighted by molar-refractivity contribution is 6.04. The first-order valence-electron chi connectivity index (χ1n) is 8.53. The minimum absolute atomic E-state index is 0.107. The molecular weight excluding hydrogens is 346 g/mol. The summed E-state index contributed by atoms with van der Waals surface area (Å²) in [7, 11) is 1.54. The van der Waals surface area contributed by atoms with Crippen molar-refractivity contribution in [1.82, 2.24) is 10.2 Å². The van der Waals surface area contributed by atoms with Gasteiger partial charge in [-0.15, -0.1) is 0 Å². The van der Waals surface area contributed by atoms with Gasteiger partial charge in [0.25, 0.3) is 5.91 Å². The third kappa shape index (κ3) is 6.47. The summed E-state index contributed by atoms with van der Waals surface area (Å²) in [5.41, 5.74) is 3.10. The summed E-state index contributed by atoms with van der Waals surface area (Å²) in [6.07, 6.45) is -0.107. The van der Waals surface area contributed by atoms with Gasteiger partial charge in [-0.2, -0.15) is 0 Å². The molecule has 0 saturated heterocycles. The molecule has 0 saturated carbocycles. The van der Waals surface area contributed by atoms with Crippen molar-refractivity contribution in [3.8, 4) is 0 Å². The van der Waals surface area contributed by atoms with Gasteiger partial charge in [-0.1, -0.05) is 29.8 Å². The monoisotopic (exact) mass is 369 g/mol. The topological polar surface area (TPSA) is 98.7 Å². The van der Waals surface area contributed by atoms with Gasteiger partial charge in [0.2, 0.25) is 0 Å². The number of carboxylic acid groups (broad SMARTS) is 1. The molecule has 0 aliphatic heterocycles. The minimum atomic E-state index is -0.952. The summed E-state index contributed by atoms with van der Waals surface area (Å²) < 4.78 is 0. The zero-order valence-corrected chi connectivity index (χ0v) is 15.4. The molecule has 0 spiro atoms. The van der Waals surface area contributed by atoms with E-state index in [0.29, 0.717) is 11.3 Å². The number of aliphatic carboxylic acids is 1. The van der Waals surface area contributed by atoms with E-state index in [1.807, 2.05) is 25.1 Å². The maximum absolute atomic E-state index is 12.3. The number of urea groups is 1. The second-order valence-corrected chi connectivity index (χ2v) is 6.24. The fourth-order valence-corrected chi connectivity index (χ4v) is 2.34. The number of aryl methyl sites for hydroxylation is 1. The van der Waals surface area contributed by atoms with E-state index in [9.17, 15) is 14.4 Å². The van der Waals surface area contributed by atoms with Crippen LogP contribution in [0.15, 0.2) is 48.5 Å². The highest BCUT2D eigenvalue weighted by atomic mass is 16.4. The molecule has 2 aromatic rings. The van der Waals surface area contributed by atoms with Gasteiger partial charge in [0.05, 0.1) is 6.42 Å². The third-order valence-electron chi connectivity index (χ3n) is 3.95. The zero-order chi connectivity index (χ0) is 19.8. The Morgan fingerprint density at radius 2 is 1.78 bits per heavy atom. The number of rotatable bonds is 7. The molecule has 0 aliphatic carbocycles. The Balaban J connectivity index is 1.91. The van der Waals surface area contributed by atoms with Gasteiger partial charge in [-0.25, -0.2) is 4.79 Å². The van der Waals surface area contributed by atoms with Crippen LogP contribution in [0, 0.1) is 6.92 Å². The van der Waals surface area contributed by atoms with E-state index in [1.54, 1.807) is 30.3 Å². The molecule has 0 heterocycles. The fraction of sp³-hybridized carbons (Fsp3) is 0.250. The number of amides is 3. The number of carbonyl (C=O) groups is 3. The van der Waals surface area contributed by atoms with Gasteiger partial charge in [0.15, 0.2) is 0 Å². The fourth-order valence-electron chi connectivity index (χ4n) is 2.34. The number of nitrogens with one attached hydrogen (secondary N) is 2. The van der Waals surface area contributed by atoms with E-state index in [4.69, 9.17) is 5.11 Å².